The normalized spacial score (nSPS) is 20.1. The first-order valence-electron chi connectivity index (χ1n) is 11.3. The molecule has 1 aromatic carbocycles. The van der Waals surface area contributed by atoms with Crippen LogP contribution >= 0.6 is 0 Å². The third kappa shape index (κ3) is 4.08. The highest BCUT2D eigenvalue weighted by molar-refractivity contribution is 6.06. The van der Waals surface area contributed by atoms with E-state index in [9.17, 15) is 14.4 Å². The fourth-order valence-electron chi connectivity index (χ4n) is 4.75. The van der Waals surface area contributed by atoms with Crippen molar-refractivity contribution in [1.29, 1.82) is 0 Å². The van der Waals surface area contributed by atoms with Gasteiger partial charge in [-0.15, -0.1) is 0 Å². The number of carbonyl (C=O) groups is 3. The minimum absolute atomic E-state index is 0.0718. The Morgan fingerprint density at radius 1 is 1.18 bits per heavy atom. The van der Waals surface area contributed by atoms with Crippen LogP contribution in [0.2, 0.25) is 0 Å². The first-order chi connectivity index (χ1) is 16.3. The molecule has 34 heavy (non-hydrogen) atoms. The van der Waals surface area contributed by atoms with E-state index in [4.69, 9.17) is 14.2 Å². The van der Waals surface area contributed by atoms with Crippen LogP contribution in [0.4, 0.5) is 0 Å². The standard InChI is InChI=1S/C24H30N4O6/c1-24(23(31)26-16-7-5-6-8-16)13-27-14-25-19(22(30)34-4)20(27)21(29)28(24)12-15-9-10-17(32-2)11-18(15)33-3/h9-11,14,16H,5-8,12-13H2,1-4H3,(H,26,31)/t24-/m0/s1. The summed E-state index contributed by atoms with van der Waals surface area (Å²) in [5, 5.41) is 3.13. The highest BCUT2D eigenvalue weighted by Crippen LogP contribution is 2.34. The molecule has 1 fully saturated rings. The number of esters is 1. The maximum Gasteiger partial charge on any atom is 0.359 e. The second kappa shape index (κ2) is 9.36. The molecule has 1 atom stereocenters. The van der Waals surface area contributed by atoms with Crippen molar-refractivity contribution in [2.75, 3.05) is 21.3 Å². The number of aromatic nitrogens is 2. The Morgan fingerprint density at radius 3 is 2.56 bits per heavy atom. The second-order valence-corrected chi connectivity index (χ2v) is 8.86. The molecule has 0 unspecified atom stereocenters. The van der Waals surface area contributed by atoms with Gasteiger partial charge < -0.3 is 29.0 Å². The van der Waals surface area contributed by atoms with E-state index in [0.29, 0.717) is 17.1 Å². The summed E-state index contributed by atoms with van der Waals surface area (Å²) in [7, 11) is 4.33. The molecule has 2 heterocycles. The molecular weight excluding hydrogens is 440 g/mol. The zero-order chi connectivity index (χ0) is 24.5. The Hall–Kier alpha value is -3.56. The van der Waals surface area contributed by atoms with Crippen molar-refractivity contribution in [3.63, 3.8) is 0 Å². The summed E-state index contributed by atoms with van der Waals surface area (Å²) in [6.45, 7) is 1.98. The van der Waals surface area contributed by atoms with Gasteiger partial charge in [-0.05, 0) is 31.9 Å². The predicted molar refractivity (Wildman–Crippen MR) is 122 cm³/mol. The Morgan fingerprint density at radius 2 is 1.91 bits per heavy atom. The van der Waals surface area contributed by atoms with Crippen molar-refractivity contribution >= 4 is 17.8 Å². The SMILES string of the molecule is COC(=O)c1ncn2c1C(=O)N(Cc1ccc(OC)cc1OC)[C@](C)(C(=O)NC1CCCC1)C2. The molecule has 1 aliphatic heterocycles. The Bertz CT molecular complexity index is 1110. The van der Waals surface area contributed by atoms with Crippen molar-refractivity contribution in [3.05, 3.63) is 41.5 Å². The third-order valence-corrected chi connectivity index (χ3v) is 6.74. The van der Waals surface area contributed by atoms with Gasteiger partial charge in [0.15, 0.2) is 5.69 Å². The van der Waals surface area contributed by atoms with E-state index >= 15 is 0 Å². The molecular formula is C24H30N4O6. The molecule has 1 saturated carbocycles. The molecule has 0 radical (unpaired) electrons. The van der Waals surface area contributed by atoms with Crippen molar-refractivity contribution in [1.82, 2.24) is 19.8 Å². The quantitative estimate of drug-likeness (QED) is 0.617. The van der Waals surface area contributed by atoms with Crippen molar-refractivity contribution in [2.45, 2.75) is 57.3 Å². The summed E-state index contributed by atoms with van der Waals surface area (Å²) in [6.07, 6.45) is 5.39. The van der Waals surface area contributed by atoms with Crippen molar-refractivity contribution in [2.24, 2.45) is 0 Å². The van der Waals surface area contributed by atoms with E-state index < -0.39 is 17.4 Å². The predicted octanol–water partition coefficient (Wildman–Crippen LogP) is 2.16. The van der Waals surface area contributed by atoms with Crippen LogP contribution in [-0.2, 0) is 22.6 Å². The molecule has 0 spiro atoms. The maximum absolute atomic E-state index is 13.8. The number of rotatable bonds is 7. The summed E-state index contributed by atoms with van der Waals surface area (Å²) < 4.78 is 17.2. The monoisotopic (exact) mass is 470 g/mol. The van der Waals surface area contributed by atoms with Crippen LogP contribution in [0.25, 0.3) is 0 Å². The van der Waals surface area contributed by atoms with E-state index in [2.05, 4.69) is 10.3 Å². The van der Waals surface area contributed by atoms with Gasteiger partial charge in [0, 0.05) is 17.7 Å². The van der Waals surface area contributed by atoms with Gasteiger partial charge in [0.1, 0.15) is 22.7 Å². The van der Waals surface area contributed by atoms with Crippen LogP contribution in [0.1, 0.15) is 59.1 Å². The average molecular weight is 471 g/mol. The van der Waals surface area contributed by atoms with Crippen LogP contribution in [-0.4, -0.2) is 65.1 Å². The van der Waals surface area contributed by atoms with E-state index in [1.54, 1.807) is 36.8 Å². The van der Waals surface area contributed by atoms with Crippen LogP contribution in [0.5, 0.6) is 11.5 Å². The number of hydrogen-bond donors (Lipinski definition) is 1. The molecule has 1 aliphatic carbocycles. The lowest BCUT2D eigenvalue weighted by Gasteiger charge is -2.44. The van der Waals surface area contributed by atoms with Gasteiger partial charge in [0.05, 0.1) is 40.7 Å². The van der Waals surface area contributed by atoms with E-state index in [-0.39, 0.29) is 36.4 Å². The lowest BCUT2D eigenvalue weighted by molar-refractivity contribution is -0.134. The molecule has 0 bridgehead atoms. The lowest BCUT2D eigenvalue weighted by atomic mass is 9.92. The molecule has 182 valence electrons. The Labute approximate surface area is 198 Å². The zero-order valence-electron chi connectivity index (χ0n) is 19.9. The largest absolute Gasteiger partial charge is 0.497 e. The van der Waals surface area contributed by atoms with E-state index in [1.165, 1.54) is 25.4 Å². The highest BCUT2D eigenvalue weighted by Gasteiger charge is 2.49. The Balaban J connectivity index is 1.75. The van der Waals surface area contributed by atoms with Gasteiger partial charge in [-0.25, -0.2) is 9.78 Å². The molecule has 2 aliphatic rings. The molecule has 0 saturated heterocycles. The second-order valence-electron chi connectivity index (χ2n) is 8.86. The number of nitrogens with one attached hydrogen (secondary N) is 1. The molecule has 10 nitrogen and oxygen atoms in total. The van der Waals surface area contributed by atoms with E-state index in [0.717, 1.165) is 25.7 Å². The molecule has 1 aromatic heterocycles. The molecule has 10 heteroatoms. The Kier molecular flexibility index (Phi) is 6.49. The van der Waals surface area contributed by atoms with Crippen LogP contribution in [0, 0.1) is 0 Å². The molecule has 2 aromatic rings. The number of fused-ring (bicyclic) bond motifs is 1. The molecule has 1 N–H and O–H groups in total. The number of ether oxygens (including phenoxy) is 3. The minimum atomic E-state index is -1.22. The number of nitrogens with zero attached hydrogens (tertiary/aromatic N) is 3. The van der Waals surface area contributed by atoms with Gasteiger partial charge >= 0.3 is 5.97 Å². The first kappa shape index (κ1) is 23.6. The van der Waals surface area contributed by atoms with Crippen molar-refractivity contribution < 1.29 is 28.6 Å². The van der Waals surface area contributed by atoms with Crippen LogP contribution in [0.3, 0.4) is 0 Å². The number of hydrogen-bond acceptors (Lipinski definition) is 7. The topological polar surface area (TPSA) is 112 Å². The van der Waals surface area contributed by atoms with E-state index in [1.807, 2.05) is 0 Å². The first-order valence-corrected chi connectivity index (χ1v) is 11.3. The van der Waals surface area contributed by atoms with Crippen LogP contribution < -0.4 is 14.8 Å². The summed E-state index contributed by atoms with van der Waals surface area (Å²) >= 11 is 0. The van der Waals surface area contributed by atoms with Gasteiger partial charge in [-0.2, -0.15) is 0 Å². The summed E-state index contributed by atoms with van der Waals surface area (Å²) in [6, 6.07) is 5.38. The van der Waals surface area contributed by atoms with Crippen molar-refractivity contribution in [3.8, 4) is 11.5 Å². The lowest BCUT2D eigenvalue weighted by Crippen LogP contribution is -2.64. The number of benzene rings is 1. The van der Waals surface area contributed by atoms with Gasteiger partial charge in [-0.1, -0.05) is 12.8 Å². The number of amides is 2. The molecule has 4 rings (SSSR count). The minimum Gasteiger partial charge on any atom is -0.497 e. The van der Waals surface area contributed by atoms with Gasteiger partial charge in [0.2, 0.25) is 5.91 Å². The van der Waals surface area contributed by atoms with Gasteiger partial charge in [0.25, 0.3) is 5.91 Å². The highest BCUT2D eigenvalue weighted by atomic mass is 16.5. The number of imidazole rings is 1. The third-order valence-electron chi connectivity index (χ3n) is 6.74. The fourth-order valence-corrected chi connectivity index (χ4v) is 4.75. The molecule has 2 amide bonds. The maximum atomic E-state index is 13.8. The van der Waals surface area contributed by atoms with Crippen LogP contribution in [0.15, 0.2) is 24.5 Å². The average Bonchev–Trinajstić information content (AvgIpc) is 3.51. The zero-order valence-corrected chi connectivity index (χ0v) is 19.9. The van der Waals surface area contributed by atoms with Gasteiger partial charge in [-0.3, -0.25) is 9.59 Å². The number of carbonyl (C=O) groups excluding carboxylic acids is 3. The smallest absolute Gasteiger partial charge is 0.359 e. The summed E-state index contributed by atoms with van der Waals surface area (Å²) in [4.78, 5) is 45.3. The number of methoxy groups -OCH3 is 3. The summed E-state index contributed by atoms with van der Waals surface area (Å²) in [5.74, 6) is -0.287. The fraction of sp³-hybridized carbons (Fsp3) is 0.500. The summed E-state index contributed by atoms with van der Waals surface area (Å²) in [5.41, 5.74) is -0.488.